The van der Waals surface area contributed by atoms with Crippen LogP contribution in [0.5, 0.6) is 0 Å². The van der Waals surface area contributed by atoms with E-state index in [0.29, 0.717) is 18.7 Å². The van der Waals surface area contributed by atoms with Crippen molar-refractivity contribution in [3.8, 4) is 11.5 Å². The standard InChI is InChI=1S/C18H14FN3O2/c19-15-7-3-6-13(10-15)16-20-21-17(24-16)18(23)22-9-8-12-4-1-2-5-14(12)11-22/h1-7,10H,8-9,11H2. The Morgan fingerprint density at radius 3 is 2.75 bits per heavy atom. The van der Waals surface area contributed by atoms with Crippen LogP contribution in [0.3, 0.4) is 0 Å². The van der Waals surface area contributed by atoms with Gasteiger partial charge in [-0.3, -0.25) is 4.79 Å². The number of amides is 1. The number of hydrogen-bond donors (Lipinski definition) is 0. The number of nitrogens with zero attached hydrogens (tertiary/aromatic N) is 3. The largest absolute Gasteiger partial charge is 0.412 e. The Bertz CT molecular complexity index is 907. The number of hydrogen-bond acceptors (Lipinski definition) is 4. The maximum Gasteiger partial charge on any atom is 0.311 e. The lowest BCUT2D eigenvalue weighted by Crippen LogP contribution is -2.36. The van der Waals surface area contributed by atoms with Crippen LogP contribution < -0.4 is 0 Å². The third-order valence-electron chi connectivity index (χ3n) is 4.10. The summed E-state index contributed by atoms with van der Waals surface area (Å²) < 4.78 is 18.7. The van der Waals surface area contributed by atoms with Gasteiger partial charge in [0, 0.05) is 18.7 Å². The lowest BCUT2D eigenvalue weighted by Gasteiger charge is -2.27. The SMILES string of the molecule is O=C(c1nnc(-c2cccc(F)c2)o1)N1CCc2ccccc2C1. The van der Waals surface area contributed by atoms with Crippen LogP contribution in [0, 0.1) is 5.82 Å². The van der Waals surface area contributed by atoms with Crippen molar-refractivity contribution < 1.29 is 13.6 Å². The molecule has 0 spiro atoms. The Morgan fingerprint density at radius 1 is 1.08 bits per heavy atom. The molecule has 0 aliphatic carbocycles. The molecule has 120 valence electrons. The summed E-state index contributed by atoms with van der Waals surface area (Å²) in [6.45, 7) is 1.13. The molecule has 0 fully saturated rings. The van der Waals surface area contributed by atoms with Gasteiger partial charge in [-0.05, 0) is 35.7 Å². The highest BCUT2D eigenvalue weighted by Crippen LogP contribution is 2.22. The maximum atomic E-state index is 13.3. The van der Waals surface area contributed by atoms with E-state index in [2.05, 4.69) is 16.3 Å². The average molecular weight is 323 g/mol. The van der Waals surface area contributed by atoms with Gasteiger partial charge in [0.1, 0.15) is 5.82 Å². The molecule has 0 saturated carbocycles. The first-order chi connectivity index (χ1) is 11.7. The third kappa shape index (κ3) is 2.67. The van der Waals surface area contributed by atoms with Crippen molar-refractivity contribution in [2.75, 3.05) is 6.54 Å². The van der Waals surface area contributed by atoms with E-state index in [0.717, 1.165) is 12.0 Å². The second kappa shape index (κ2) is 5.88. The lowest BCUT2D eigenvalue weighted by atomic mass is 10.00. The van der Waals surface area contributed by atoms with Gasteiger partial charge in [0.25, 0.3) is 0 Å². The Kier molecular flexibility index (Phi) is 3.57. The molecule has 4 rings (SSSR count). The Morgan fingerprint density at radius 2 is 1.92 bits per heavy atom. The zero-order chi connectivity index (χ0) is 16.5. The summed E-state index contributed by atoms with van der Waals surface area (Å²) in [4.78, 5) is 14.3. The van der Waals surface area contributed by atoms with E-state index in [1.54, 1.807) is 17.0 Å². The maximum absolute atomic E-state index is 13.3. The fourth-order valence-electron chi connectivity index (χ4n) is 2.85. The number of carbonyl (C=O) groups excluding carboxylic acids is 1. The molecule has 2 aromatic carbocycles. The first kappa shape index (κ1) is 14.6. The van der Waals surface area contributed by atoms with E-state index in [-0.39, 0.29) is 17.7 Å². The minimum absolute atomic E-state index is 0.0753. The van der Waals surface area contributed by atoms with Crippen molar-refractivity contribution >= 4 is 5.91 Å². The molecule has 3 aromatic rings. The minimum Gasteiger partial charge on any atom is -0.412 e. The fourth-order valence-corrected chi connectivity index (χ4v) is 2.85. The molecular weight excluding hydrogens is 309 g/mol. The van der Waals surface area contributed by atoms with Crippen LogP contribution in [0.4, 0.5) is 4.39 Å². The van der Waals surface area contributed by atoms with Crippen LogP contribution in [-0.2, 0) is 13.0 Å². The minimum atomic E-state index is -0.397. The Balaban J connectivity index is 1.56. The molecule has 0 N–H and O–H groups in total. The highest BCUT2D eigenvalue weighted by atomic mass is 19.1. The molecule has 24 heavy (non-hydrogen) atoms. The summed E-state index contributed by atoms with van der Waals surface area (Å²) in [5.41, 5.74) is 2.83. The van der Waals surface area contributed by atoms with Gasteiger partial charge in [0.05, 0.1) is 0 Å². The second-order valence-electron chi connectivity index (χ2n) is 5.67. The third-order valence-corrected chi connectivity index (χ3v) is 4.10. The first-order valence-electron chi connectivity index (χ1n) is 7.66. The van der Waals surface area contributed by atoms with Gasteiger partial charge < -0.3 is 9.32 Å². The molecular formula is C18H14FN3O2. The molecule has 6 heteroatoms. The van der Waals surface area contributed by atoms with Crippen LogP contribution in [0.2, 0.25) is 0 Å². The van der Waals surface area contributed by atoms with Crippen LogP contribution in [0.1, 0.15) is 21.8 Å². The Labute approximate surface area is 137 Å². The van der Waals surface area contributed by atoms with E-state index in [1.165, 1.54) is 17.7 Å². The molecule has 0 atom stereocenters. The van der Waals surface area contributed by atoms with E-state index < -0.39 is 5.82 Å². The molecule has 0 unspecified atom stereocenters. The van der Waals surface area contributed by atoms with Gasteiger partial charge in [0.2, 0.25) is 5.89 Å². The summed E-state index contributed by atoms with van der Waals surface area (Å²) in [5, 5.41) is 7.68. The first-order valence-corrected chi connectivity index (χ1v) is 7.66. The molecule has 0 radical (unpaired) electrons. The highest BCUT2D eigenvalue weighted by molar-refractivity contribution is 5.90. The van der Waals surface area contributed by atoms with E-state index >= 15 is 0 Å². The number of aromatic nitrogens is 2. The summed E-state index contributed by atoms with van der Waals surface area (Å²) in [6.07, 6.45) is 0.798. The van der Waals surface area contributed by atoms with Crippen molar-refractivity contribution in [1.29, 1.82) is 0 Å². The molecule has 0 bridgehead atoms. The zero-order valence-corrected chi connectivity index (χ0v) is 12.8. The van der Waals surface area contributed by atoms with E-state index in [1.807, 2.05) is 18.2 Å². The van der Waals surface area contributed by atoms with Gasteiger partial charge >= 0.3 is 11.8 Å². The van der Waals surface area contributed by atoms with Crippen molar-refractivity contribution in [1.82, 2.24) is 15.1 Å². The smallest absolute Gasteiger partial charge is 0.311 e. The number of fused-ring (bicyclic) bond motifs is 1. The summed E-state index contributed by atoms with van der Waals surface area (Å²) >= 11 is 0. The topological polar surface area (TPSA) is 59.2 Å². The van der Waals surface area contributed by atoms with Crippen LogP contribution in [0.25, 0.3) is 11.5 Å². The van der Waals surface area contributed by atoms with Crippen LogP contribution in [0.15, 0.2) is 52.9 Å². The quantitative estimate of drug-likeness (QED) is 0.727. The number of halogens is 1. The molecule has 1 aromatic heterocycles. The monoisotopic (exact) mass is 323 g/mol. The summed E-state index contributed by atoms with van der Waals surface area (Å²) in [6, 6.07) is 13.9. The van der Waals surface area contributed by atoms with Crippen molar-refractivity contribution in [3.05, 3.63) is 71.4 Å². The molecule has 1 amide bonds. The van der Waals surface area contributed by atoms with Crippen LogP contribution in [-0.4, -0.2) is 27.5 Å². The fraction of sp³-hybridized carbons (Fsp3) is 0.167. The van der Waals surface area contributed by atoms with E-state index in [9.17, 15) is 9.18 Å². The zero-order valence-electron chi connectivity index (χ0n) is 12.8. The molecule has 5 nitrogen and oxygen atoms in total. The van der Waals surface area contributed by atoms with Crippen LogP contribution >= 0.6 is 0 Å². The second-order valence-corrected chi connectivity index (χ2v) is 5.67. The number of rotatable bonds is 2. The van der Waals surface area contributed by atoms with Crippen molar-refractivity contribution in [2.24, 2.45) is 0 Å². The average Bonchev–Trinajstić information content (AvgIpc) is 3.11. The molecule has 1 aliphatic heterocycles. The number of benzene rings is 2. The predicted octanol–water partition coefficient (Wildman–Crippen LogP) is 3.07. The lowest BCUT2D eigenvalue weighted by molar-refractivity contribution is 0.0695. The van der Waals surface area contributed by atoms with Gasteiger partial charge in [-0.15, -0.1) is 10.2 Å². The summed E-state index contributed by atoms with van der Waals surface area (Å²) in [5.74, 6) is -0.644. The molecule has 0 saturated heterocycles. The van der Waals surface area contributed by atoms with Crippen molar-refractivity contribution in [2.45, 2.75) is 13.0 Å². The van der Waals surface area contributed by atoms with Gasteiger partial charge in [-0.1, -0.05) is 30.3 Å². The highest BCUT2D eigenvalue weighted by Gasteiger charge is 2.26. The predicted molar refractivity (Wildman–Crippen MR) is 84.6 cm³/mol. The van der Waals surface area contributed by atoms with E-state index in [4.69, 9.17) is 4.42 Å². The molecule has 2 heterocycles. The van der Waals surface area contributed by atoms with Gasteiger partial charge in [0.15, 0.2) is 0 Å². The Hall–Kier alpha value is -3.02. The summed E-state index contributed by atoms with van der Waals surface area (Å²) in [7, 11) is 0. The van der Waals surface area contributed by atoms with Crippen molar-refractivity contribution in [3.63, 3.8) is 0 Å². The molecule has 1 aliphatic rings. The number of carbonyl (C=O) groups is 1. The normalized spacial score (nSPS) is 13.6. The van der Waals surface area contributed by atoms with Gasteiger partial charge in [-0.25, -0.2) is 4.39 Å². The van der Waals surface area contributed by atoms with Gasteiger partial charge in [-0.2, -0.15) is 0 Å².